The number of ether oxygens (including phenoxy) is 1. The number of carboxylic acid groups (broad SMARTS) is 1. The van der Waals surface area contributed by atoms with Gasteiger partial charge in [-0.1, -0.05) is 55.5 Å². The van der Waals surface area contributed by atoms with Gasteiger partial charge in [-0.3, -0.25) is 0 Å². The van der Waals surface area contributed by atoms with Crippen molar-refractivity contribution in [3.05, 3.63) is 125 Å². The fourth-order valence-corrected chi connectivity index (χ4v) is 4.08. The molecule has 0 saturated carbocycles. The second-order valence-corrected chi connectivity index (χ2v) is 8.28. The van der Waals surface area contributed by atoms with E-state index in [1.807, 2.05) is 78.9 Å². The van der Waals surface area contributed by atoms with Gasteiger partial charge in [-0.05, 0) is 76.2 Å². The molecule has 6 nitrogen and oxygen atoms in total. The van der Waals surface area contributed by atoms with Crippen molar-refractivity contribution in [2.45, 2.75) is 13.3 Å². The maximum atomic E-state index is 10.9. The predicted octanol–water partition coefficient (Wildman–Crippen LogP) is 6.92. The molecule has 0 aliphatic heterocycles. The Morgan fingerprint density at radius 2 is 1.68 bits per heavy atom. The van der Waals surface area contributed by atoms with Crippen molar-refractivity contribution in [1.29, 1.82) is 5.41 Å². The molecule has 184 valence electrons. The van der Waals surface area contributed by atoms with Crippen LogP contribution in [0.5, 0.6) is 11.6 Å². The quantitative estimate of drug-likeness (QED) is 0.102. The van der Waals surface area contributed by atoms with Gasteiger partial charge in [-0.25, -0.2) is 9.78 Å². The maximum absolute atomic E-state index is 10.9. The molecule has 0 saturated heterocycles. The van der Waals surface area contributed by atoms with Crippen molar-refractivity contribution in [3.63, 3.8) is 0 Å². The molecule has 0 fully saturated rings. The van der Waals surface area contributed by atoms with E-state index >= 15 is 0 Å². The zero-order valence-electron chi connectivity index (χ0n) is 20.4. The number of anilines is 1. The number of nitrogens with two attached hydrogens (primary N) is 1. The Labute approximate surface area is 215 Å². The number of rotatable bonds is 9. The third-order valence-electron chi connectivity index (χ3n) is 5.87. The van der Waals surface area contributed by atoms with Gasteiger partial charge in [0.05, 0.1) is 0 Å². The average molecular weight is 490 g/mol. The Bertz CT molecular complexity index is 1460. The summed E-state index contributed by atoms with van der Waals surface area (Å²) in [6.45, 7) is 2.10. The summed E-state index contributed by atoms with van der Waals surface area (Å²) >= 11 is 0. The van der Waals surface area contributed by atoms with Gasteiger partial charge in [0.15, 0.2) is 0 Å². The first-order valence-electron chi connectivity index (χ1n) is 11.8. The lowest BCUT2D eigenvalue weighted by Crippen LogP contribution is -1.99. The standard InChI is InChI=1S/C31H27N3O3/c1-2-27(22-11-14-26(15-12-22)37-29-5-3-4-18-34-29)31(24-13-16-28(33)25(19-24)20-32)23-9-6-21(7-10-23)8-17-30(35)36/h3-20,32H,2,33H2,1H3,(H,35,36)/b17-8+,31-27+,32-20?. The topological polar surface area (TPSA) is 109 Å². The maximum Gasteiger partial charge on any atom is 0.328 e. The van der Waals surface area contributed by atoms with E-state index in [1.165, 1.54) is 6.21 Å². The number of aromatic nitrogens is 1. The zero-order valence-corrected chi connectivity index (χ0v) is 20.4. The van der Waals surface area contributed by atoms with Crippen LogP contribution in [0.4, 0.5) is 5.69 Å². The van der Waals surface area contributed by atoms with E-state index in [0.717, 1.165) is 45.9 Å². The number of aliphatic carboxylic acids is 1. The highest BCUT2D eigenvalue weighted by Gasteiger charge is 2.15. The molecule has 4 N–H and O–H groups in total. The number of nitrogens with one attached hydrogen (secondary N) is 1. The van der Waals surface area contributed by atoms with Crippen LogP contribution in [-0.4, -0.2) is 22.3 Å². The summed E-state index contributed by atoms with van der Waals surface area (Å²) in [5, 5.41) is 16.7. The van der Waals surface area contributed by atoms with Crippen molar-refractivity contribution < 1.29 is 14.6 Å². The highest BCUT2D eigenvalue weighted by molar-refractivity contribution is 6.00. The minimum Gasteiger partial charge on any atom is -0.478 e. The number of nitrogen functional groups attached to an aromatic ring is 1. The summed E-state index contributed by atoms with van der Waals surface area (Å²) in [6, 6.07) is 26.8. The summed E-state index contributed by atoms with van der Waals surface area (Å²) in [5.74, 6) is 0.224. The van der Waals surface area contributed by atoms with E-state index in [4.69, 9.17) is 21.0 Å². The zero-order chi connectivity index (χ0) is 26.2. The van der Waals surface area contributed by atoms with Crippen LogP contribution in [0.15, 0.2) is 97.2 Å². The number of hydrogen-bond acceptors (Lipinski definition) is 5. The van der Waals surface area contributed by atoms with Crippen LogP contribution in [0.1, 0.15) is 41.2 Å². The lowest BCUT2D eigenvalue weighted by Gasteiger charge is -2.18. The number of carbonyl (C=O) groups is 1. The van der Waals surface area contributed by atoms with Crippen molar-refractivity contribution in [3.8, 4) is 11.6 Å². The van der Waals surface area contributed by atoms with Crippen molar-refractivity contribution in [1.82, 2.24) is 4.98 Å². The normalized spacial score (nSPS) is 11.7. The highest BCUT2D eigenvalue weighted by atomic mass is 16.5. The molecule has 0 bridgehead atoms. The Balaban J connectivity index is 1.80. The van der Waals surface area contributed by atoms with Crippen LogP contribution < -0.4 is 10.5 Å². The molecule has 3 aromatic carbocycles. The van der Waals surface area contributed by atoms with Crippen molar-refractivity contribution in [2.24, 2.45) is 0 Å². The Morgan fingerprint density at radius 1 is 0.973 bits per heavy atom. The van der Waals surface area contributed by atoms with Crippen LogP contribution >= 0.6 is 0 Å². The minimum absolute atomic E-state index is 0.528. The lowest BCUT2D eigenvalue weighted by molar-refractivity contribution is -0.131. The van der Waals surface area contributed by atoms with Gasteiger partial charge in [0, 0.05) is 35.8 Å². The van der Waals surface area contributed by atoms with E-state index in [-0.39, 0.29) is 0 Å². The monoisotopic (exact) mass is 489 g/mol. The molecule has 6 heteroatoms. The molecule has 0 aliphatic carbocycles. The molecule has 0 amide bonds. The first-order chi connectivity index (χ1) is 18.0. The van der Waals surface area contributed by atoms with E-state index in [2.05, 4.69) is 11.9 Å². The van der Waals surface area contributed by atoms with E-state index in [1.54, 1.807) is 18.3 Å². The molecule has 4 aromatic rings. The summed E-state index contributed by atoms with van der Waals surface area (Å²) in [5.41, 5.74) is 13.1. The third-order valence-corrected chi connectivity index (χ3v) is 5.87. The van der Waals surface area contributed by atoms with Gasteiger partial charge in [-0.15, -0.1) is 0 Å². The SMILES string of the molecule is CC/C(=C(/c1ccc(/C=C/C(=O)O)cc1)c1ccc(N)c(C=N)c1)c1ccc(Oc2ccccn2)cc1. The second-order valence-electron chi connectivity index (χ2n) is 8.28. The van der Waals surface area contributed by atoms with Gasteiger partial charge in [-0.2, -0.15) is 0 Å². The number of allylic oxidation sites excluding steroid dienone is 1. The summed E-state index contributed by atoms with van der Waals surface area (Å²) in [4.78, 5) is 15.1. The summed E-state index contributed by atoms with van der Waals surface area (Å²) in [7, 11) is 0. The Hall–Kier alpha value is -4.97. The van der Waals surface area contributed by atoms with Gasteiger partial charge in [0.1, 0.15) is 5.75 Å². The molecule has 0 radical (unpaired) electrons. The number of carboxylic acids is 1. The van der Waals surface area contributed by atoms with Crippen LogP contribution in [0.3, 0.4) is 0 Å². The summed E-state index contributed by atoms with van der Waals surface area (Å²) < 4.78 is 5.86. The lowest BCUT2D eigenvalue weighted by atomic mass is 9.87. The Kier molecular flexibility index (Phi) is 7.91. The third kappa shape index (κ3) is 6.18. The van der Waals surface area contributed by atoms with Gasteiger partial charge in [0.2, 0.25) is 5.88 Å². The molecule has 1 aromatic heterocycles. The number of hydrogen-bond donors (Lipinski definition) is 3. The molecule has 37 heavy (non-hydrogen) atoms. The molecule has 1 heterocycles. The van der Waals surface area contributed by atoms with E-state index < -0.39 is 5.97 Å². The second kappa shape index (κ2) is 11.6. The number of nitrogens with zero attached hydrogens (tertiary/aromatic N) is 1. The van der Waals surface area contributed by atoms with Crippen LogP contribution in [0, 0.1) is 5.41 Å². The molecular formula is C31H27N3O3. The summed E-state index contributed by atoms with van der Waals surface area (Å²) in [6.07, 6.45) is 6.37. The smallest absolute Gasteiger partial charge is 0.328 e. The molecule has 0 spiro atoms. The first kappa shape index (κ1) is 25.1. The average Bonchev–Trinajstić information content (AvgIpc) is 2.92. The minimum atomic E-state index is -0.991. The van der Waals surface area contributed by atoms with Gasteiger partial charge >= 0.3 is 5.97 Å². The fourth-order valence-electron chi connectivity index (χ4n) is 4.08. The highest BCUT2D eigenvalue weighted by Crippen LogP contribution is 2.36. The van der Waals surface area contributed by atoms with Crippen LogP contribution in [0.2, 0.25) is 0 Å². The van der Waals surface area contributed by atoms with Crippen LogP contribution in [0.25, 0.3) is 17.2 Å². The molecule has 0 atom stereocenters. The molecule has 0 aliphatic rings. The van der Waals surface area contributed by atoms with E-state index in [0.29, 0.717) is 22.9 Å². The Morgan fingerprint density at radius 3 is 2.30 bits per heavy atom. The molecular weight excluding hydrogens is 462 g/mol. The first-order valence-corrected chi connectivity index (χ1v) is 11.8. The van der Waals surface area contributed by atoms with Gasteiger partial charge < -0.3 is 21.0 Å². The molecule has 0 unspecified atom stereocenters. The number of benzene rings is 3. The fraction of sp³-hybridized carbons (Fsp3) is 0.0645. The van der Waals surface area contributed by atoms with Crippen molar-refractivity contribution >= 4 is 35.1 Å². The number of pyridine rings is 1. The van der Waals surface area contributed by atoms with Gasteiger partial charge in [0.25, 0.3) is 0 Å². The predicted molar refractivity (Wildman–Crippen MR) is 149 cm³/mol. The van der Waals surface area contributed by atoms with Crippen LogP contribution in [-0.2, 0) is 4.79 Å². The van der Waals surface area contributed by atoms with E-state index in [9.17, 15) is 4.79 Å². The van der Waals surface area contributed by atoms with Crippen molar-refractivity contribution in [2.75, 3.05) is 5.73 Å². The largest absolute Gasteiger partial charge is 0.478 e. The molecule has 4 rings (SSSR count).